The minimum Gasteiger partial charge on any atom is -0.398 e. The molecule has 2 heterocycles. The maximum Gasteiger partial charge on any atom is 0.114 e. The number of benzene rings is 2. The van der Waals surface area contributed by atoms with Crippen LogP contribution in [0.2, 0.25) is 0 Å². The predicted molar refractivity (Wildman–Crippen MR) is 124 cm³/mol. The molecule has 0 spiro atoms. The predicted octanol–water partition coefficient (Wildman–Crippen LogP) is 5.22. The number of anilines is 1. The van der Waals surface area contributed by atoms with Crippen LogP contribution in [0.3, 0.4) is 0 Å². The van der Waals surface area contributed by atoms with Gasteiger partial charge in [-0.2, -0.15) is 0 Å². The summed E-state index contributed by atoms with van der Waals surface area (Å²) in [6.07, 6.45) is 3.37. The zero-order chi connectivity index (χ0) is 21.3. The van der Waals surface area contributed by atoms with Crippen LogP contribution in [0.4, 0.5) is 5.69 Å². The summed E-state index contributed by atoms with van der Waals surface area (Å²) in [5, 5.41) is 9.50. The Morgan fingerprint density at radius 1 is 0.900 bits per heavy atom. The minimum atomic E-state index is 0.183. The van der Waals surface area contributed by atoms with Crippen LogP contribution in [0, 0.1) is 38.0 Å². The molecule has 0 radical (unpaired) electrons. The molecule has 30 heavy (non-hydrogen) atoms. The molecule has 4 nitrogen and oxygen atoms in total. The first-order valence-electron chi connectivity index (χ1n) is 9.73. The summed E-state index contributed by atoms with van der Waals surface area (Å²) in [6.45, 7) is 6.20. The second-order valence-electron chi connectivity index (χ2n) is 7.36. The molecular formula is C26H22N4. The van der Waals surface area contributed by atoms with Crippen LogP contribution in [-0.4, -0.2) is 15.7 Å². The van der Waals surface area contributed by atoms with Gasteiger partial charge in [-0.3, -0.25) is 10.4 Å². The third kappa shape index (κ3) is 3.54. The lowest BCUT2D eigenvalue weighted by atomic mass is 9.93. The summed E-state index contributed by atoms with van der Waals surface area (Å²) >= 11 is 0. The van der Waals surface area contributed by atoms with Gasteiger partial charge in [-0.15, -0.1) is 0 Å². The number of nitrogens with two attached hydrogens (primary N) is 1. The number of fused-ring (bicyclic) bond motifs is 1. The maximum absolute atomic E-state index is 8.61. The molecule has 2 aromatic heterocycles. The Hall–Kier alpha value is -3.97. The van der Waals surface area contributed by atoms with Crippen LogP contribution in [0.15, 0.2) is 60.9 Å². The van der Waals surface area contributed by atoms with E-state index in [2.05, 4.69) is 61.9 Å². The van der Waals surface area contributed by atoms with E-state index in [1.54, 1.807) is 18.5 Å². The van der Waals surface area contributed by atoms with Gasteiger partial charge in [0, 0.05) is 40.2 Å². The molecule has 146 valence electrons. The summed E-state index contributed by atoms with van der Waals surface area (Å²) < 4.78 is 0. The molecular weight excluding hydrogens is 368 g/mol. The van der Waals surface area contributed by atoms with E-state index in [0.717, 1.165) is 38.9 Å². The highest BCUT2D eigenvalue weighted by atomic mass is 14.7. The summed E-state index contributed by atoms with van der Waals surface area (Å²) in [5.74, 6) is 5.97. The average molecular weight is 390 g/mol. The van der Waals surface area contributed by atoms with E-state index in [-0.39, 0.29) is 5.71 Å². The van der Waals surface area contributed by atoms with Gasteiger partial charge in [0.15, 0.2) is 0 Å². The van der Waals surface area contributed by atoms with Crippen molar-refractivity contribution in [2.75, 3.05) is 5.73 Å². The summed E-state index contributed by atoms with van der Waals surface area (Å²) in [4.78, 5) is 8.92. The van der Waals surface area contributed by atoms with Gasteiger partial charge in [-0.05, 0) is 62.1 Å². The van der Waals surface area contributed by atoms with Crippen LogP contribution in [0.1, 0.15) is 27.8 Å². The third-order valence-electron chi connectivity index (χ3n) is 5.33. The molecule has 4 aromatic rings. The standard InChI is InChI=1S/C26H22N4/c1-16-4-7-20(8-5-16)26-18(3)17(2)24-23(30-26)11-10-22(28)25(24)21(27)9-6-19-12-14-29-15-13-19/h4-5,7-8,10-15,27H,28H2,1-3H3. The molecule has 4 heteroatoms. The first-order chi connectivity index (χ1) is 14.5. The molecule has 4 rings (SSSR count). The number of aryl methyl sites for hydroxylation is 2. The van der Waals surface area contributed by atoms with Gasteiger partial charge in [0.25, 0.3) is 0 Å². The minimum absolute atomic E-state index is 0.183. The fourth-order valence-electron chi connectivity index (χ4n) is 3.54. The van der Waals surface area contributed by atoms with E-state index >= 15 is 0 Å². The summed E-state index contributed by atoms with van der Waals surface area (Å²) in [5.41, 5.74) is 14.6. The Bertz CT molecular complexity index is 1330. The number of nitrogens with zero attached hydrogens (tertiary/aromatic N) is 2. The highest BCUT2D eigenvalue weighted by Gasteiger charge is 2.17. The summed E-state index contributed by atoms with van der Waals surface area (Å²) in [6, 6.07) is 15.7. The second-order valence-corrected chi connectivity index (χ2v) is 7.36. The van der Waals surface area contributed by atoms with Crippen molar-refractivity contribution in [2.24, 2.45) is 0 Å². The lowest BCUT2D eigenvalue weighted by Gasteiger charge is -2.16. The van der Waals surface area contributed by atoms with Gasteiger partial charge in [0.05, 0.1) is 11.2 Å². The molecule has 0 aliphatic heterocycles. The Kier molecular flexibility index (Phi) is 5.04. The van der Waals surface area contributed by atoms with Crippen molar-refractivity contribution >= 4 is 22.3 Å². The molecule has 0 fully saturated rings. The smallest absolute Gasteiger partial charge is 0.114 e. The molecule has 2 aromatic carbocycles. The number of rotatable bonds is 2. The molecule has 0 aliphatic carbocycles. The highest BCUT2D eigenvalue weighted by molar-refractivity contribution is 6.21. The van der Waals surface area contributed by atoms with Crippen LogP contribution in [-0.2, 0) is 0 Å². The van der Waals surface area contributed by atoms with Gasteiger partial charge in [0.1, 0.15) is 5.71 Å². The number of nitrogens with one attached hydrogen (secondary N) is 1. The van der Waals surface area contributed by atoms with Crippen molar-refractivity contribution in [3.8, 4) is 23.1 Å². The van der Waals surface area contributed by atoms with Crippen LogP contribution in [0.25, 0.3) is 22.2 Å². The fraction of sp³-hybridized carbons (Fsp3) is 0.115. The lowest BCUT2D eigenvalue weighted by Crippen LogP contribution is -2.06. The van der Waals surface area contributed by atoms with Crippen LogP contribution >= 0.6 is 0 Å². The van der Waals surface area contributed by atoms with Crippen molar-refractivity contribution in [2.45, 2.75) is 20.8 Å². The highest BCUT2D eigenvalue weighted by Crippen LogP contribution is 2.33. The van der Waals surface area contributed by atoms with Crippen molar-refractivity contribution in [3.05, 3.63) is 88.7 Å². The van der Waals surface area contributed by atoms with Gasteiger partial charge < -0.3 is 5.73 Å². The van der Waals surface area contributed by atoms with Crippen molar-refractivity contribution in [1.29, 1.82) is 5.41 Å². The van der Waals surface area contributed by atoms with Gasteiger partial charge in [-0.25, -0.2) is 4.98 Å². The quantitative estimate of drug-likeness (QED) is 0.280. The topological polar surface area (TPSA) is 75.7 Å². The number of aromatic nitrogens is 2. The van der Waals surface area contributed by atoms with Crippen molar-refractivity contribution < 1.29 is 0 Å². The maximum atomic E-state index is 8.61. The summed E-state index contributed by atoms with van der Waals surface area (Å²) in [7, 11) is 0. The molecule has 3 N–H and O–H groups in total. The first kappa shape index (κ1) is 19.4. The molecule has 0 aliphatic rings. The third-order valence-corrected chi connectivity index (χ3v) is 5.33. The van der Waals surface area contributed by atoms with Crippen molar-refractivity contribution in [3.63, 3.8) is 0 Å². The molecule has 0 saturated heterocycles. The van der Waals surface area contributed by atoms with Gasteiger partial charge in [0.2, 0.25) is 0 Å². The first-order valence-corrected chi connectivity index (χ1v) is 9.73. The second kappa shape index (κ2) is 7.81. The number of pyridine rings is 2. The van der Waals surface area contributed by atoms with E-state index in [1.165, 1.54) is 5.56 Å². The molecule has 0 atom stereocenters. The molecule has 0 saturated carbocycles. The SMILES string of the molecule is Cc1ccc(-c2nc3ccc(N)c(C(=N)C#Cc4ccncc4)c3c(C)c2C)cc1. The molecule has 0 unspecified atom stereocenters. The fourth-order valence-corrected chi connectivity index (χ4v) is 3.54. The van der Waals surface area contributed by atoms with E-state index in [4.69, 9.17) is 16.1 Å². The van der Waals surface area contributed by atoms with Crippen LogP contribution in [0.5, 0.6) is 0 Å². The normalized spacial score (nSPS) is 10.5. The van der Waals surface area contributed by atoms with Gasteiger partial charge >= 0.3 is 0 Å². The Morgan fingerprint density at radius 2 is 1.60 bits per heavy atom. The monoisotopic (exact) mass is 390 g/mol. The zero-order valence-electron chi connectivity index (χ0n) is 17.2. The average Bonchev–Trinajstić information content (AvgIpc) is 2.76. The van der Waals surface area contributed by atoms with Gasteiger partial charge in [-0.1, -0.05) is 35.7 Å². The number of hydrogen-bond acceptors (Lipinski definition) is 4. The molecule has 0 bridgehead atoms. The number of hydrogen-bond donors (Lipinski definition) is 2. The zero-order valence-corrected chi connectivity index (χ0v) is 17.2. The van der Waals surface area contributed by atoms with E-state index in [9.17, 15) is 0 Å². The Balaban J connectivity index is 1.88. The van der Waals surface area contributed by atoms with E-state index in [0.29, 0.717) is 11.3 Å². The Labute approximate surface area is 176 Å². The Morgan fingerprint density at radius 3 is 2.30 bits per heavy atom. The lowest BCUT2D eigenvalue weighted by molar-refractivity contribution is 1.27. The van der Waals surface area contributed by atoms with E-state index in [1.807, 2.05) is 18.2 Å². The largest absolute Gasteiger partial charge is 0.398 e. The van der Waals surface area contributed by atoms with Crippen molar-refractivity contribution in [1.82, 2.24) is 9.97 Å². The van der Waals surface area contributed by atoms with Crippen LogP contribution < -0.4 is 5.73 Å². The molecule has 0 amide bonds. The number of nitrogen functional groups attached to an aromatic ring is 1. The van der Waals surface area contributed by atoms with E-state index < -0.39 is 0 Å².